The Morgan fingerprint density at radius 1 is 0.952 bits per heavy atom. The van der Waals surface area contributed by atoms with Gasteiger partial charge < -0.3 is 5.32 Å². The van der Waals surface area contributed by atoms with Crippen molar-refractivity contribution >= 4 is 5.69 Å². The van der Waals surface area contributed by atoms with Crippen LogP contribution in [0.3, 0.4) is 0 Å². The van der Waals surface area contributed by atoms with Crippen molar-refractivity contribution in [1.82, 2.24) is 9.78 Å². The number of nitrogens with zero attached hydrogens (tertiary/aromatic N) is 2. The predicted molar refractivity (Wildman–Crippen MR) is 85.0 cm³/mol. The lowest BCUT2D eigenvalue weighted by molar-refractivity contribution is 0.663. The van der Waals surface area contributed by atoms with Gasteiger partial charge in [-0.3, -0.25) is 0 Å². The van der Waals surface area contributed by atoms with Gasteiger partial charge in [0.1, 0.15) is 0 Å². The van der Waals surface area contributed by atoms with E-state index in [0.29, 0.717) is 5.92 Å². The fourth-order valence-electron chi connectivity index (χ4n) is 3.14. The average Bonchev–Trinajstić information content (AvgIpc) is 3.04. The van der Waals surface area contributed by atoms with E-state index < -0.39 is 0 Å². The van der Waals surface area contributed by atoms with Crippen LogP contribution in [-0.2, 0) is 0 Å². The Labute approximate surface area is 124 Å². The number of nitrogens with one attached hydrogen (secondary N) is 1. The molecule has 1 unspecified atom stereocenters. The third-order valence-corrected chi connectivity index (χ3v) is 4.11. The Hall–Kier alpha value is -2.55. The molecule has 0 fully saturated rings. The zero-order chi connectivity index (χ0) is 14.1. The third kappa shape index (κ3) is 2.11. The minimum Gasteiger partial charge on any atom is -0.385 e. The van der Waals surface area contributed by atoms with E-state index in [1.54, 1.807) is 0 Å². The Morgan fingerprint density at radius 3 is 2.67 bits per heavy atom. The number of benzene rings is 2. The van der Waals surface area contributed by atoms with Crippen LogP contribution in [0, 0.1) is 0 Å². The van der Waals surface area contributed by atoms with E-state index in [0.717, 1.165) is 18.7 Å². The van der Waals surface area contributed by atoms with E-state index in [9.17, 15) is 0 Å². The minimum atomic E-state index is 0.394. The molecule has 2 aromatic carbocycles. The second kappa shape index (κ2) is 5.09. The molecule has 0 aliphatic carbocycles. The van der Waals surface area contributed by atoms with Crippen LogP contribution >= 0.6 is 0 Å². The molecule has 3 aromatic rings. The second-order valence-electron chi connectivity index (χ2n) is 5.36. The normalized spacial score (nSPS) is 17.0. The first-order valence-electron chi connectivity index (χ1n) is 7.35. The highest BCUT2D eigenvalue weighted by Gasteiger charge is 2.24. The molecule has 2 heterocycles. The highest BCUT2D eigenvalue weighted by molar-refractivity contribution is 5.57. The Kier molecular flexibility index (Phi) is 2.96. The number of rotatable bonds is 2. The first-order valence-corrected chi connectivity index (χ1v) is 7.35. The van der Waals surface area contributed by atoms with Gasteiger partial charge >= 0.3 is 0 Å². The molecule has 104 valence electrons. The summed E-state index contributed by atoms with van der Waals surface area (Å²) in [5.74, 6) is 0.394. The summed E-state index contributed by atoms with van der Waals surface area (Å²) >= 11 is 0. The van der Waals surface area contributed by atoms with Crippen LogP contribution in [0.1, 0.15) is 23.6 Å². The number of fused-ring (bicyclic) bond motifs is 1. The molecule has 21 heavy (non-hydrogen) atoms. The van der Waals surface area contributed by atoms with E-state index in [2.05, 4.69) is 69.7 Å². The molecule has 0 saturated heterocycles. The smallest absolute Gasteiger partial charge is 0.0649 e. The lowest BCUT2D eigenvalue weighted by Crippen LogP contribution is -2.19. The molecule has 3 nitrogen and oxygen atoms in total. The summed E-state index contributed by atoms with van der Waals surface area (Å²) < 4.78 is 2.06. The third-order valence-electron chi connectivity index (χ3n) is 4.11. The van der Waals surface area contributed by atoms with E-state index >= 15 is 0 Å². The fourth-order valence-corrected chi connectivity index (χ4v) is 3.14. The lowest BCUT2D eigenvalue weighted by atomic mass is 9.88. The Bertz CT molecular complexity index is 746. The molecule has 4 rings (SSSR count). The van der Waals surface area contributed by atoms with Gasteiger partial charge in [0.2, 0.25) is 0 Å². The highest BCUT2D eigenvalue weighted by atomic mass is 15.3. The molecular weight excluding hydrogens is 258 g/mol. The van der Waals surface area contributed by atoms with E-state index in [1.165, 1.54) is 16.9 Å². The molecule has 0 saturated carbocycles. The topological polar surface area (TPSA) is 29.9 Å². The number of para-hydroxylation sites is 2. The largest absolute Gasteiger partial charge is 0.385 e. The molecule has 0 bridgehead atoms. The number of anilines is 1. The van der Waals surface area contributed by atoms with Gasteiger partial charge in [-0.2, -0.15) is 5.10 Å². The molecule has 0 radical (unpaired) electrons. The van der Waals surface area contributed by atoms with Crippen molar-refractivity contribution in [1.29, 1.82) is 0 Å². The first kappa shape index (κ1) is 12.2. The van der Waals surface area contributed by atoms with Gasteiger partial charge in [-0.15, -0.1) is 0 Å². The average molecular weight is 275 g/mol. The first-order chi connectivity index (χ1) is 10.4. The van der Waals surface area contributed by atoms with Crippen LogP contribution in [-0.4, -0.2) is 16.3 Å². The molecule has 1 atom stereocenters. The molecule has 0 amide bonds. The summed E-state index contributed by atoms with van der Waals surface area (Å²) in [7, 11) is 0. The van der Waals surface area contributed by atoms with Gasteiger partial charge in [0.25, 0.3) is 0 Å². The standard InChI is InChI=1S/C18H17N3/c1-2-6-14(7-3-1)21-18(11-13-20-21)16-10-12-19-17-9-5-4-8-15(16)17/h1-9,11,13,16,19H,10,12H2. The van der Waals surface area contributed by atoms with Gasteiger partial charge in [-0.1, -0.05) is 36.4 Å². The SMILES string of the molecule is c1ccc(-n2nccc2C2CCNc3ccccc32)cc1. The lowest BCUT2D eigenvalue weighted by Gasteiger charge is -2.27. The summed E-state index contributed by atoms with van der Waals surface area (Å²) in [5.41, 5.74) is 4.99. The number of hydrogen-bond acceptors (Lipinski definition) is 2. The van der Waals surface area contributed by atoms with Crippen LogP contribution in [0.15, 0.2) is 66.9 Å². The zero-order valence-electron chi connectivity index (χ0n) is 11.7. The van der Waals surface area contributed by atoms with Gasteiger partial charge in [0, 0.05) is 24.3 Å². The van der Waals surface area contributed by atoms with Crippen molar-refractivity contribution in [3.63, 3.8) is 0 Å². The van der Waals surface area contributed by atoms with E-state index in [1.807, 2.05) is 12.3 Å². The van der Waals surface area contributed by atoms with Crippen LogP contribution in [0.2, 0.25) is 0 Å². The highest BCUT2D eigenvalue weighted by Crippen LogP contribution is 2.36. The summed E-state index contributed by atoms with van der Waals surface area (Å²) in [4.78, 5) is 0. The fraction of sp³-hybridized carbons (Fsp3) is 0.167. The van der Waals surface area contributed by atoms with Gasteiger partial charge in [0.15, 0.2) is 0 Å². The molecule has 0 spiro atoms. The summed E-state index contributed by atoms with van der Waals surface area (Å²) in [6, 6.07) is 21.1. The maximum atomic E-state index is 4.53. The summed E-state index contributed by atoms with van der Waals surface area (Å²) in [6.07, 6.45) is 2.99. The minimum absolute atomic E-state index is 0.394. The van der Waals surface area contributed by atoms with Gasteiger partial charge in [0.05, 0.1) is 11.4 Å². The number of aromatic nitrogens is 2. The van der Waals surface area contributed by atoms with Crippen molar-refractivity contribution in [2.45, 2.75) is 12.3 Å². The van der Waals surface area contributed by atoms with Crippen LogP contribution < -0.4 is 5.32 Å². The van der Waals surface area contributed by atoms with Crippen molar-refractivity contribution in [2.24, 2.45) is 0 Å². The monoisotopic (exact) mass is 275 g/mol. The molecule has 1 aliphatic heterocycles. The molecule has 1 aromatic heterocycles. The molecule has 3 heteroatoms. The zero-order valence-corrected chi connectivity index (χ0v) is 11.7. The molecular formula is C18H17N3. The van der Waals surface area contributed by atoms with Crippen molar-refractivity contribution in [2.75, 3.05) is 11.9 Å². The van der Waals surface area contributed by atoms with E-state index in [4.69, 9.17) is 0 Å². The van der Waals surface area contributed by atoms with Crippen molar-refractivity contribution in [3.05, 3.63) is 78.1 Å². The van der Waals surface area contributed by atoms with E-state index in [-0.39, 0.29) is 0 Å². The Morgan fingerprint density at radius 2 is 1.76 bits per heavy atom. The van der Waals surface area contributed by atoms with Crippen LogP contribution in [0.5, 0.6) is 0 Å². The number of hydrogen-bond donors (Lipinski definition) is 1. The van der Waals surface area contributed by atoms with Gasteiger partial charge in [-0.25, -0.2) is 4.68 Å². The quantitative estimate of drug-likeness (QED) is 0.770. The van der Waals surface area contributed by atoms with Crippen LogP contribution in [0.25, 0.3) is 5.69 Å². The van der Waals surface area contributed by atoms with Crippen molar-refractivity contribution < 1.29 is 0 Å². The summed E-state index contributed by atoms with van der Waals surface area (Å²) in [5, 5.41) is 8.01. The maximum Gasteiger partial charge on any atom is 0.0649 e. The van der Waals surface area contributed by atoms with Crippen molar-refractivity contribution in [3.8, 4) is 5.69 Å². The Balaban J connectivity index is 1.81. The van der Waals surface area contributed by atoms with Gasteiger partial charge in [-0.05, 0) is 36.2 Å². The molecule has 1 N–H and O–H groups in total. The molecule has 1 aliphatic rings. The second-order valence-corrected chi connectivity index (χ2v) is 5.36. The summed E-state index contributed by atoms with van der Waals surface area (Å²) in [6.45, 7) is 1.00. The maximum absolute atomic E-state index is 4.53. The predicted octanol–water partition coefficient (Wildman–Crippen LogP) is 3.82. The van der Waals surface area contributed by atoms with Crippen LogP contribution in [0.4, 0.5) is 5.69 Å².